The van der Waals surface area contributed by atoms with Gasteiger partial charge in [0.1, 0.15) is 0 Å². The number of fused-ring (bicyclic) bond motifs is 11. The van der Waals surface area contributed by atoms with Crippen LogP contribution in [0.2, 0.25) is 0 Å². The molecule has 0 saturated carbocycles. The van der Waals surface area contributed by atoms with Crippen molar-refractivity contribution in [2.24, 2.45) is 0 Å². The van der Waals surface area contributed by atoms with E-state index in [1.54, 1.807) is 0 Å². The number of hydrogen-bond acceptors (Lipinski definition) is 0. The van der Waals surface area contributed by atoms with E-state index in [1.165, 1.54) is 71.2 Å². The van der Waals surface area contributed by atoms with Crippen LogP contribution in [-0.4, -0.2) is 9.13 Å². The van der Waals surface area contributed by atoms with Crippen LogP contribution in [-0.2, 0) is 5.41 Å². The predicted octanol–water partition coefficient (Wildman–Crippen LogP) is 15.0. The van der Waals surface area contributed by atoms with E-state index in [0.717, 1.165) is 44.7 Å². The second-order valence-electron chi connectivity index (χ2n) is 16.3. The minimum atomic E-state index is -0.127. The van der Waals surface area contributed by atoms with Gasteiger partial charge in [-0.05, 0) is 110 Å². The largest absolute Gasteiger partial charge is 0.310 e. The third-order valence-electron chi connectivity index (χ3n) is 12.9. The van der Waals surface area contributed by atoms with E-state index in [0.29, 0.717) is 0 Å². The van der Waals surface area contributed by atoms with Gasteiger partial charge < -0.3 is 9.13 Å². The summed E-state index contributed by atoms with van der Waals surface area (Å²) in [5, 5.41) is 7.39. The summed E-state index contributed by atoms with van der Waals surface area (Å²) in [5.74, 6) is 0. The van der Waals surface area contributed by atoms with Crippen LogP contribution >= 0.6 is 0 Å². The quantitative estimate of drug-likeness (QED) is 0.150. The summed E-state index contributed by atoms with van der Waals surface area (Å²) in [6.07, 6.45) is 1.97. The van der Waals surface area contributed by atoms with Crippen molar-refractivity contribution >= 4 is 71.7 Å². The lowest BCUT2D eigenvalue weighted by Gasteiger charge is -2.24. The molecular formula is C56H42N2. The second-order valence-corrected chi connectivity index (χ2v) is 16.3. The lowest BCUT2D eigenvalue weighted by Crippen LogP contribution is -2.15. The second kappa shape index (κ2) is 12.7. The van der Waals surface area contributed by atoms with Crippen LogP contribution in [0.15, 0.2) is 189 Å². The highest BCUT2D eigenvalue weighted by Crippen LogP contribution is 2.50. The topological polar surface area (TPSA) is 9.86 Å². The molecule has 2 heteroatoms. The highest BCUT2D eigenvalue weighted by atomic mass is 15.0. The Morgan fingerprint density at radius 3 is 1.97 bits per heavy atom. The van der Waals surface area contributed by atoms with Crippen molar-refractivity contribution in [1.29, 1.82) is 0 Å². The highest BCUT2D eigenvalue weighted by Gasteiger charge is 2.35. The van der Waals surface area contributed by atoms with Gasteiger partial charge >= 0.3 is 0 Å². The molecule has 11 rings (SSSR count). The minimum absolute atomic E-state index is 0.127. The molecule has 0 bridgehead atoms. The Hall–Kier alpha value is -7.16. The van der Waals surface area contributed by atoms with Crippen molar-refractivity contribution in [3.63, 3.8) is 0 Å². The van der Waals surface area contributed by atoms with Crippen LogP contribution < -0.4 is 0 Å². The molecule has 0 spiro atoms. The average molecular weight is 743 g/mol. The normalized spacial score (nSPS) is 13.6. The van der Waals surface area contributed by atoms with E-state index in [-0.39, 0.29) is 5.41 Å². The Kier molecular flexibility index (Phi) is 7.46. The third-order valence-corrected chi connectivity index (χ3v) is 12.9. The molecule has 10 aromatic rings. The van der Waals surface area contributed by atoms with Crippen LogP contribution in [0.5, 0.6) is 0 Å². The van der Waals surface area contributed by atoms with Crippen LogP contribution in [0.1, 0.15) is 48.6 Å². The lowest BCUT2D eigenvalue weighted by molar-refractivity contribution is 0.660. The molecule has 2 nitrogen and oxygen atoms in total. The first-order chi connectivity index (χ1) is 28.3. The first-order valence-corrected chi connectivity index (χ1v) is 20.2. The van der Waals surface area contributed by atoms with Crippen molar-refractivity contribution in [3.8, 4) is 16.8 Å². The summed E-state index contributed by atoms with van der Waals surface area (Å²) >= 11 is 0. The first-order valence-electron chi connectivity index (χ1n) is 20.2. The fourth-order valence-corrected chi connectivity index (χ4v) is 10.1. The number of rotatable bonds is 6. The molecule has 58 heavy (non-hydrogen) atoms. The van der Waals surface area contributed by atoms with Gasteiger partial charge in [0.15, 0.2) is 0 Å². The van der Waals surface area contributed by atoms with Crippen LogP contribution in [0.3, 0.4) is 0 Å². The molecular weight excluding hydrogens is 701 g/mol. The van der Waals surface area contributed by atoms with Crippen molar-refractivity contribution in [1.82, 2.24) is 9.13 Å². The molecule has 0 unspecified atom stereocenters. The van der Waals surface area contributed by atoms with Crippen LogP contribution in [0.25, 0.3) is 88.5 Å². The maximum Gasteiger partial charge on any atom is 0.0547 e. The molecule has 0 radical (unpaired) electrons. The van der Waals surface area contributed by atoms with Gasteiger partial charge in [-0.25, -0.2) is 0 Å². The predicted molar refractivity (Wildman–Crippen MR) is 249 cm³/mol. The molecule has 0 N–H and O–H groups in total. The van der Waals surface area contributed by atoms with Crippen LogP contribution in [0, 0.1) is 0 Å². The molecule has 0 saturated heterocycles. The number of hydrogen-bond donors (Lipinski definition) is 0. The number of para-hydroxylation sites is 2. The van der Waals surface area contributed by atoms with Gasteiger partial charge in [0.2, 0.25) is 0 Å². The van der Waals surface area contributed by atoms with Gasteiger partial charge in [-0.15, -0.1) is 0 Å². The molecule has 0 atom stereocenters. The van der Waals surface area contributed by atoms with E-state index in [9.17, 15) is 0 Å². The fraction of sp³-hybridized carbons (Fsp3) is 0.0714. The molecule has 2 heterocycles. The summed E-state index contributed by atoms with van der Waals surface area (Å²) in [5.41, 5.74) is 17.7. The SMILES string of the molecule is C=Cc1ccccc1/C(=C(/C)C(=C)n1c2ccc(-n3c4ccccc4c4ccccc43)cc2c2c3ccccc3ccc21)c1ccc2c(c1)C(C)(C)c1ccccc1-2. The van der Waals surface area contributed by atoms with Crippen molar-refractivity contribution in [3.05, 3.63) is 216 Å². The molecule has 1 aliphatic carbocycles. The summed E-state index contributed by atoms with van der Waals surface area (Å²) in [6.45, 7) is 16.2. The Morgan fingerprint density at radius 1 is 0.552 bits per heavy atom. The third kappa shape index (κ3) is 4.79. The zero-order valence-corrected chi connectivity index (χ0v) is 33.1. The minimum Gasteiger partial charge on any atom is -0.310 e. The van der Waals surface area contributed by atoms with Gasteiger partial charge in [0.05, 0.1) is 22.1 Å². The molecule has 1 aliphatic rings. The van der Waals surface area contributed by atoms with Gasteiger partial charge in [-0.1, -0.05) is 160 Å². The zero-order chi connectivity index (χ0) is 39.3. The zero-order valence-electron chi connectivity index (χ0n) is 33.1. The summed E-state index contributed by atoms with van der Waals surface area (Å²) in [4.78, 5) is 0. The maximum absolute atomic E-state index is 4.97. The van der Waals surface area contributed by atoms with Crippen molar-refractivity contribution in [2.75, 3.05) is 0 Å². The average Bonchev–Trinajstić information content (AvgIpc) is 3.86. The lowest BCUT2D eigenvalue weighted by atomic mass is 9.80. The monoisotopic (exact) mass is 742 g/mol. The molecule has 0 amide bonds. The summed E-state index contributed by atoms with van der Waals surface area (Å²) < 4.78 is 4.81. The number of benzene rings is 8. The van der Waals surface area contributed by atoms with Crippen molar-refractivity contribution in [2.45, 2.75) is 26.2 Å². The molecule has 276 valence electrons. The smallest absolute Gasteiger partial charge is 0.0547 e. The Balaban J connectivity index is 1.18. The van der Waals surface area contributed by atoms with Crippen molar-refractivity contribution < 1.29 is 0 Å². The van der Waals surface area contributed by atoms with E-state index in [2.05, 4.69) is 206 Å². The Labute approximate surface area is 338 Å². The van der Waals surface area contributed by atoms with E-state index >= 15 is 0 Å². The maximum atomic E-state index is 4.97. The van der Waals surface area contributed by atoms with E-state index < -0.39 is 0 Å². The highest BCUT2D eigenvalue weighted by molar-refractivity contribution is 6.22. The van der Waals surface area contributed by atoms with Gasteiger partial charge in [0.25, 0.3) is 0 Å². The van der Waals surface area contributed by atoms with Crippen LogP contribution in [0.4, 0.5) is 0 Å². The number of allylic oxidation sites excluding steroid dienone is 2. The summed E-state index contributed by atoms with van der Waals surface area (Å²) in [6, 6.07) is 62.3. The van der Waals surface area contributed by atoms with Gasteiger partial charge in [-0.2, -0.15) is 0 Å². The Morgan fingerprint density at radius 2 is 1.19 bits per heavy atom. The van der Waals surface area contributed by atoms with Gasteiger partial charge in [-0.3, -0.25) is 0 Å². The standard InChI is InChI=1S/C56H42N2/c1-6-37-17-7-9-19-41(37)54(39-27-30-44-43-21-11-14-24-48(43)56(4,5)49(44)33-39)35(2)36(3)57-52-32-29-40(34-47(52)55-42-20-10-8-18-38(42)28-31-53(55)57)58-50-25-15-12-22-45(50)46-23-13-16-26-51(46)58/h6-34H,1,3H2,2,4-5H3/b54-35-. The number of nitrogens with zero attached hydrogens (tertiary/aromatic N) is 2. The molecule has 8 aromatic carbocycles. The number of aromatic nitrogens is 2. The first kappa shape index (κ1) is 34.1. The van der Waals surface area contributed by atoms with E-state index in [4.69, 9.17) is 6.58 Å². The Bertz CT molecular complexity index is 3360. The fourth-order valence-electron chi connectivity index (χ4n) is 10.1. The summed E-state index contributed by atoms with van der Waals surface area (Å²) in [7, 11) is 0. The molecule has 2 aromatic heterocycles. The molecule has 0 fully saturated rings. The van der Waals surface area contributed by atoms with E-state index in [1.807, 2.05) is 6.08 Å². The molecule has 0 aliphatic heterocycles. The van der Waals surface area contributed by atoms with Gasteiger partial charge in [0, 0.05) is 38.3 Å².